The number of nitrogens with one attached hydrogen (secondary N) is 2. The minimum atomic E-state index is -1.20. The first-order valence-electron chi connectivity index (χ1n) is 6.05. The van der Waals surface area contributed by atoms with E-state index in [-0.39, 0.29) is 5.91 Å². The van der Waals surface area contributed by atoms with Gasteiger partial charge in [0.1, 0.15) is 0 Å². The molecule has 0 heterocycles. The number of aryl methyl sites for hydroxylation is 1. The molecule has 6 nitrogen and oxygen atoms in total. The molecule has 0 aliphatic carbocycles. The van der Waals surface area contributed by atoms with Gasteiger partial charge in [0.25, 0.3) is 5.91 Å². The van der Waals surface area contributed by atoms with Crippen LogP contribution in [0.1, 0.15) is 22.8 Å². The molecule has 0 fully saturated rings. The normalized spacial score (nSPS) is 10.3. The maximum atomic E-state index is 11.7. The maximum Gasteiger partial charge on any atom is 0.328 e. The van der Waals surface area contributed by atoms with E-state index < -0.39 is 11.9 Å². The number of carbonyl (C=O) groups excluding carboxylic acids is 2. The minimum absolute atomic E-state index is 0.232. The van der Waals surface area contributed by atoms with Gasteiger partial charge >= 0.3 is 5.97 Å². The fraction of sp³-hybridized carbons (Fsp3) is 0.214. The Bertz CT molecular complexity index is 564. The lowest BCUT2D eigenvalue weighted by atomic mass is 10.1. The monoisotopic (exact) mass is 276 g/mol. The lowest BCUT2D eigenvalue weighted by Crippen LogP contribution is -2.23. The Labute approximate surface area is 116 Å². The van der Waals surface area contributed by atoms with Gasteiger partial charge in [-0.25, -0.2) is 4.79 Å². The summed E-state index contributed by atoms with van der Waals surface area (Å²) < 4.78 is 0. The smallest absolute Gasteiger partial charge is 0.328 e. The highest BCUT2D eigenvalue weighted by Gasteiger charge is 2.08. The summed E-state index contributed by atoms with van der Waals surface area (Å²) in [5.41, 5.74) is 1.67. The number of anilines is 1. The van der Waals surface area contributed by atoms with Crippen LogP contribution in [0, 0.1) is 6.92 Å². The molecule has 0 aromatic heterocycles. The summed E-state index contributed by atoms with van der Waals surface area (Å²) in [4.78, 5) is 33.5. The first kappa shape index (κ1) is 15.4. The van der Waals surface area contributed by atoms with Crippen molar-refractivity contribution in [3.05, 3.63) is 41.5 Å². The van der Waals surface area contributed by atoms with Crippen molar-refractivity contribution in [2.24, 2.45) is 0 Å². The Morgan fingerprint density at radius 1 is 1.25 bits per heavy atom. The van der Waals surface area contributed by atoms with Crippen molar-refractivity contribution in [3.8, 4) is 0 Å². The van der Waals surface area contributed by atoms with Crippen LogP contribution in [0.5, 0.6) is 0 Å². The predicted molar refractivity (Wildman–Crippen MR) is 74.6 cm³/mol. The van der Waals surface area contributed by atoms with Gasteiger partial charge in [0.15, 0.2) is 0 Å². The Morgan fingerprint density at radius 3 is 2.55 bits per heavy atom. The van der Waals surface area contributed by atoms with Gasteiger partial charge in [0.2, 0.25) is 5.91 Å². The molecule has 0 saturated carbocycles. The number of hydrogen-bond donors (Lipinski definition) is 3. The molecule has 3 N–H and O–H groups in total. The van der Waals surface area contributed by atoms with Crippen LogP contribution in [0.15, 0.2) is 30.4 Å². The second-order valence-electron chi connectivity index (χ2n) is 4.05. The summed E-state index contributed by atoms with van der Waals surface area (Å²) in [6, 6.07) is 4.91. The molecule has 0 aliphatic rings. The summed E-state index contributed by atoms with van der Waals surface area (Å²) in [5.74, 6) is -2.00. The molecule has 1 aromatic rings. The van der Waals surface area contributed by atoms with Gasteiger partial charge in [-0.1, -0.05) is 6.07 Å². The highest BCUT2D eigenvalue weighted by Crippen LogP contribution is 2.17. The molecule has 6 heteroatoms. The molecule has 0 saturated heterocycles. The van der Waals surface area contributed by atoms with E-state index in [2.05, 4.69) is 10.6 Å². The average molecular weight is 276 g/mol. The van der Waals surface area contributed by atoms with Crippen LogP contribution in [0.2, 0.25) is 0 Å². The highest BCUT2D eigenvalue weighted by molar-refractivity contribution is 6.03. The van der Waals surface area contributed by atoms with E-state index in [9.17, 15) is 14.4 Å². The van der Waals surface area contributed by atoms with Crippen LogP contribution < -0.4 is 10.6 Å². The Kier molecular flexibility index (Phi) is 5.46. The number of carboxylic acids is 1. The molecule has 0 unspecified atom stereocenters. The van der Waals surface area contributed by atoms with Crippen molar-refractivity contribution in [1.29, 1.82) is 0 Å². The molecule has 20 heavy (non-hydrogen) atoms. The molecular formula is C14H16N2O4. The Balaban J connectivity index is 2.89. The third kappa shape index (κ3) is 4.56. The summed E-state index contributed by atoms with van der Waals surface area (Å²) in [6.07, 6.45) is 1.67. The van der Waals surface area contributed by atoms with Gasteiger partial charge in [-0.05, 0) is 31.5 Å². The summed E-state index contributed by atoms with van der Waals surface area (Å²) in [7, 11) is 0. The first-order valence-corrected chi connectivity index (χ1v) is 6.05. The van der Waals surface area contributed by atoms with E-state index in [0.29, 0.717) is 17.8 Å². The van der Waals surface area contributed by atoms with Crippen molar-refractivity contribution in [2.75, 3.05) is 11.9 Å². The third-order valence-corrected chi connectivity index (χ3v) is 2.47. The zero-order valence-electron chi connectivity index (χ0n) is 11.3. The van der Waals surface area contributed by atoms with Crippen LogP contribution in [0.25, 0.3) is 0 Å². The predicted octanol–water partition coefficient (Wildman–Crippen LogP) is 1.32. The van der Waals surface area contributed by atoms with E-state index in [4.69, 9.17) is 5.11 Å². The van der Waals surface area contributed by atoms with E-state index >= 15 is 0 Å². The molecule has 2 amide bonds. The number of amides is 2. The first-order chi connectivity index (χ1) is 9.43. The Hall–Kier alpha value is -2.63. The molecule has 0 atom stereocenters. The summed E-state index contributed by atoms with van der Waals surface area (Å²) in [5, 5.41) is 13.6. The third-order valence-electron chi connectivity index (χ3n) is 2.47. The van der Waals surface area contributed by atoms with E-state index in [1.54, 1.807) is 25.1 Å². The van der Waals surface area contributed by atoms with Crippen molar-refractivity contribution in [2.45, 2.75) is 13.8 Å². The van der Waals surface area contributed by atoms with Crippen LogP contribution in [-0.4, -0.2) is 29.4 Å². The largest absolute Gasteiger partial charge is 0.478 e. The van der Waals surface area contributed by atoms with Gasteiger partial charge in [-0.2, -0.15) is 0 Å². The fourth-order valence-corrected chi connectivity index (χ4v) is 1.48. The number of aliphatic carboxylic acids is 1. The minimum Gasteiger partial charge on any atom is -0.478 e. The standard InChI is InChI=1S/C14H16N2O4/c1-3-15-14(20)10-5-4-9(2)11(8-10)16-12(17)6-7-13(18)19/h4-8H,3H2,1-2H3,(H,15,20)(H,16,17)(H,18,19)/b7-6+. The summed E-state index contributed by atoms with van der Waals surface area (Å²) in [6.45, 7) is 4.10. The fourth-order valence-electron chi connectivity index (χ4n) is 1.48. The molecule has 0 bridgehead atoms. The van der Waals surface area contributed by atoms with E-state index in [0.717, 1.165) is 17.7 Å². The van der Waals surface area contributed by atoms with Gasteiger partial charge in [0, 0.05) is 29.9 Å². The highest BCUT2D eigenvalue weighted by atomic mass is 16.4. The number of hydrogen-bond acceptors (Lipinski definition) is 3. The van der Waals surface area contributed by atoms with Crippen molar-refractivity contribution in [1.82, 2.24) is 5.32 Å². The van der Waals surface area contributed by atoms with Crippen LogP contribution in [0.4, 0.5) is 5.69 Å². The van der Waals surface area contributed by atoms with Crippen molar-refractivity contribution < 1.29 is 19.5 Å². The molecule has 106 valence electrons. The number of benzene rings is 1. The lowest BCUT2D eigenvalue weighted by molar-refractivity contribution is -0.131. The van der Waals surface area contributed by atoms with Crippen LogP contribution >= 0.6 is 0 Å². The van der Waals surface area contributed by atoms with Gasteiger partial charge < -0.3 is 15.7 Å². The number of carbonyl (C=O) groups is 3. The molecule has 0 radical (unpaired) electrons. The second-order valence-corrected chi connectivity index (χ2v) is 4.05. The quantitative estimate of drug-likeness (QED) is 0.707. The summed E-state index contributed by atoms with van der Waals surface area (Å²) >= 11 is 0. The molecule has 0 aliphatic heterocycles. The van der Waals surface area contributed by atoms with E-state index in [1.807, 2.05) is 6.92 Å². The second kappa shape index (κ2) is 7.08. The SMILES string of the molecule is CCNC(=O)c1ccc(C)c(NC(=O)/C=C/C(=O)O)c1. The number of carboxylic acid groups (broad SMARTS) is 1. The zero-order chi connectivity index (χ0) is 15.1. The van der Waals surface area contributed by atoms with Crippen LogP contribution in [-0.2, 0) is 9.59 Å². The van der Waals surface area contributed by atoms with E-state index in [1.165, 1.54) is 0 Å². The van der Waals surface area contributed by atoms with Crippen molar-refractivity contribution in [3.63, 3.8) is 0 Å². The molecule has 0 spiro atoms. The Morgan fingerprint density at radius 2 is 1.95 bits per heavy atom. The van der Waals surface area contributed by atoms with Gasteiger partial charge in [-0.3, -0.25) is 9.59 Å². The molecule has 1 aromatic carbocycles. The maximum absolute atomic E-state index is 11.7. The zero-order valence-corrected chi connectivity index (χ0v) is 11.3. The molecule has 1 rings (SSSR count). The average Bonchev–Trinajstić information content (AvgIpc) is 2.39. The number of rotatable bonds is 5. The van der Waals surface area contributed by atoms with Crippen LogP contribution in [0.3, 0.4) is 0 Å². The lowest BCUT2D eigenvalue weighted by Gasteiger charge is -2.09. The van der Waals surface area contributed by atoms with Gasteiger partial charge in [0.05, 0.1) is 0 Å². The van der Waals surface area contributed by atoms with Gasteiger partial charge in [-0.15, -0.1) is 0 Å². The topological polar surface area (TPSA) is 95.5 Å². The molecular weight excluding hydrogens is 260 g/mol. The van der Waals surface area contributed by atoms with Crippen molar-refractivity contribution >= 4 is 23.5 Å².